The lowest BCUT2D eigenvalue weighted by Crippen LogP contribution is -2.43. The van der Waals surface area contributed by atoms with Crippen molar-refractivity contribution >= 4 is 6.03 Å². The fourth-order valence-corrected chi connectivity index (χ4v) is 3.57. The maximum Gasteiger partial charge on any atom is 0.317 e. The van der Waals surface area contributed by atoms with E-state index in [1.807, 2.05) is 31.2 Å². The summed E-state index contributed by atoms with van der Waals surface area (Å²) in [5.41, 5.74) is 0. The molecule has 27 heavy (non-hydrogen) atoms. The first-order valence-electron chi connectivity index (χ1n) is 10.7. The lowest BCUT2D eigenvalue weighted by molar-refractivity contribution is 0.215. The Morgan fingerprint density at radius 2 is 1.41 bits per heavy atom. The van der Waals surface area contributed by atoms with Crippen molar-refractivity contribution in [3.63, 3.8) is 0 Å². The molecule has 0 aliphatic heterocycles. The monoisotopic (exact) mass is 376 g/mol. The average molecular weight is 377 g/mol. The van der Waals surface area contributed by atoms with Crippen molar-refractivity contribution in [3.8, 4) is 11.5 Å². The Balaban J connectivity index is 1.72. The number of carbonyl (C=O) groups is 1. The highest BCUT2D eigenvalue weighted by Crippen LogP contribution is 2.25. The SMILES string of the molecule is CCOc1ccccc1OCNC(=O)NC1CCCCCCCCCCC1. The molecule has 0 unspecified atom stereocenters. The number of carbonyl (C=O) groups excluding carboxylic acids is 1. The molecule has 0 heterocycles. The van der Waals surface area contributed by atoms with E-state index in [4.69, 9.17) is 9.47 Å². The average Bonchev–Trinajstić information content (AvgIpc) is 2.65. The number of nitrogens with one attached hydrogen (secondary N) is 2. The van der Waals surface area contributed by atoms with Gasteiger partial charge in [0.2, 0.25) is 0 Å². The van der Waals surface area contributed by atoms with E-state index in [1.54, 1.807) is 0 Å². The third kappa shape index (κ3) is 9.03. The smallest absolute Gasteiger partial charge is 0.317 e. The van der Waals surface area contributed by atoms with E-state index >= 15 is 0 Å². The van der Waals surface area contributed by atoms with Crippen LogP contribution in [0.4, 0.5) is 4.79 Å². The summed E-state index contributed by atoms with van der Waals surface area (Å²) in [6.45, 7) is 2.64. The van der Waals surface area contributed by atoms with Crippen LogP contribution in [-0.4, -0.2) is 25.4 Å². The summed E-state index contributed by atoms with van der Waals surface area (Å²) in [6.07, 6.45) is 13.8. The minimum atomic E-state index is -0.152. The van der Waals surface area contributed by atoms with Gasteiger partial charge in [-0.15, -0.1) is 0 Å². The van der Waals surface area contributed by atoms with Gasteiger partial charge < -0.3 is 20.1 Å². The first-order valence-corrected chi connectivity index (χ1v) is 10.7. The zero-order valence-electron chi connectivity index (χ0n) is 16.8. The quantitative estimate of drug-likeness (QED) is 0.654. The lowest BCUT2D eigenvalue weighted by Gasteiger charge is -2.20. The molecule has 5 nitrogen and oxygen atoms in total. The summed E-state index contributed by atoms with van der Waals surface area (Å²) >= 11 is 0. The third-order valence-electron chi connectivity index (χ3n) is 5.05. The number of para-hydroxylation sites is 2. The van der Waals surface area contributed by atoms with E-state index in [2.05, 4.69) is 10.6 Å². The van der Waals surface area contributed by atoms with Crippen molar-refractivity contribution in [2.75, 3.05) is 13.3 Å². The molecular formula is C22H36N2O3. The van der Waals surface area contributed by atoms with Gasteiger partial charge in [0.15, 0.2) is 18.2 Å². The van der Waals surface area contributed by atoms with Crippen LogP contribution in [0.1, 0.15) is 77.6 Å². The summed E-state index contributed by atoms with van der Waals surface area (Å²) in [6, 6.07) is 7.62. The number of hydrogen-bond acceptors (Lipinski definition) is 3. The van der Waals surface area contributed by atoms with Crippen molar-refractivity contribution in [3.05, 3.63) is 24.3 Å². The van der Waals surface area contributed by atoms with E-state index in [0.29, 0.717) is 18.1 Å². The van der Waals surface area contributed by atoms with Gasteiger partial charge in [-0.2, -0.15) is 0 Å². The summed E-state index contributed by atoms with van der Waals surface area (Å²) in [5.74, 6) is 1.34. The lowest BCUT2D eigenvalue weighted by atomic mass is 9.98. The second-order valence-electron chi connectivity index (χ2n) is 7.27. The van der Waals surface area contributed by atoms with Crippen molar-refractivity contribution in [2.45, 2.75) is 83.6 Å². The van der Waals surface area contributed by atoms with Crippen LogP contribution in [0.25, 0.3) is 0 Å². The molecule has 0 aromatic heterocycles. The minimum Gasteiger partial charge on any atom is -0.490 e. The van der Waals surface area contributed by atoms with E-state index in [0.717, 1.165) is 12.8 Å². The van der Waals surface area contributed by atoms with E-state index in [9.17, 15) is 4.79 Å². The third-order valence-corrected chi connectivity index (χ3v) is 5.05. The predicted molar refractivity (Wildman–Crippen MR) is 109 cm³/mol. The van der Waals surface area contributed by atoms with Gasteiger partial charge in [-0.1, -0.05) is 69.9 Å². The van der Waals surface area contributed by atoms with Gasteiger partial charge in [0.05, 0.1) is 6.61 Å². The number of benzene rings is 1. The Kier molecular flexibility index (Phi) is 10.5. The topological polar surface area (TPSA) is 59.6 Å². The van der Waals surface area contributed by atoms with Crippen molar-refractivity contribution in [1.29, 1.82) is 0 Å². The molecule has 0 bridgehead atoms. The maximum absolute atomic E-state index is 12.3. The van der Waals surface area contributed by atoms with Gasteiger partial charge >= 0.3 is 6.03 Å². The molecule has 0 radical (unpaired) electrons. The highest BCUT2D eigenvalue weighted by atomic mass is 16.5. The summed E-state index contributed by atoms with van der Waals surface area (Å²) in [4.78, 5) is 12.3. The Morgan fingerprint density at radius 3 is 1.96 bits per heavy atom. The van der Waals surface area contributed by atoms with Crippen LogP contribution < -0.4 is 20.1 Å². The number of hydrogen-bond donors (Lipinski definition) is 2. The molecule has 0 saturated heterocycles. The molecule has 2 N–H and O–H groups in total. The number of rotatable bonds is 6. The standard InChI is InChI=1S/C22H36N2O3/c1-2-26-20-16-12-13-17-21(20)27-18-23-22(25)24-19-14-10-8-6-4-3-5-7-9-11-15-19/h12-13,16-17,19H,2-11,14-15,18H2,1H3,(H2,23,24,25). The van der Waals surface area contributed by atoms with E-state index in [1.165, 1.54) is 57.8 Å². The zero-order valence-corrected chi connectivity index (χ0v) is 16.8. The second kappa shape index (κ2) is 13.3. The minimum absolute atomic E-state index is 0.128. The van der Waals surface area contributed by atoms with Gasteiger partial charge in [0, 0.05) is 6.04 Å². The molecule has 2 amide bonds. The van der Waals surface area contributed by atoms with E-state index in [-0.39, 0.29) is 18.8 Å². The van der Waals surface area contributed by atoms with Crippen LogP contribution in [-0.2, 0) is 0 Å². The van der Waals surface area contributed by atoms with Crippen LogP contribution in [0.3, 0.4) is 0 Å². The zero-order chi connectivity index (χ0) is 19.2. The molecule has 1 aromatic carbocycles. The number of ether oxygens (including phenoxy) is 2. The summed E-state index contributed by atoms with van der Waals surface area (Å²) < 4.78 is 11.2. The van der Waals surface area contributed by atoms with Gasteiger partial charge in [0.25, 0.3) is 0 Å². The molecule has 5 heteroatoms. The molecule has 152 valence electrons. The van der Waals surface area contributed by atoms with Crippen molar-refractivity contribution in [1.82, 2.24) is 10.6 Å². The molecule has 1 fully saturated rings. The summed E-state index contributed by atoms with van der Waals surface area (Å²) in [7, 11) is 0. The highest BCUT2D eigenvalue weighted by Gasteiger charge is 2.13. The Bertz CT molecular complexity index is 524. The normalized spacial score (nSPS) is 17.2. The van der Waals surface area contributed by atoms with Gasteiger partial charge in [-0.3, -0.25) is 0 Å². The van der Waals surface area contributed by atoms with Crippen LogP contribution in [0.5, 0.6) is 11.5 Å². The molecule has 0 spiro atoms. The largest absolute Gasteiger partial charge is 0.490 e. The molecular weight excluding hydrogens is 340 g/mol. The molecule has 1 aromatic rings. The molecule has 1 aliphatic rings. The highest BCUT2D eigenvalue weighted by molar-refractivity contribution is 5.74. The Labute approximate surface area is 164 Å². The van der Waals surface area contributed by atoms with Gasteiger partial charge in [-0.25, -0.2) is 4.79 Å². The number of urea groups is 1. The molecule has 2 rings (SSSR count). The fraction of sp³-hybridized carbons (Fsp3) is 0.682. The van der Waals surface area contributed by atoms with Gasteiger partial charge in [0.1, 0.15) is 0 Å². The predicted octanol–water partition coefficient (Wildman–Crippen LogP) is 5.39. The van der Waals surface area contributed by atoms with E-state index < -0.39 is 0 Å². The molecule has 0 atom stereocenters. The van der Waals surface area contributed by atoms with Crippen LogP contribution in [0.2, 0.25) is 0 Å². The fourth-order valence-electron chi connectivity index (χ4n) is 3.57. The molecule has 1 saturated carbocycles. The van der Waals surface area contributed by atoms with Crippen molar-refractivity contribution < 1.29 is 14.3 Å². The Morgan fingerprint density at radius 1 is 0.889 bits per heavy atom. The first-order chi connectivity index (χ1) is 13.3. The Hall–Kier alpha value is -1.91. The van der Waals surface area contributed by atoms with Crippen molar-refractivity contribution in [2.24, 2.45) is 0 Å². The molecule has 1 aliphatic carbocycles. The second-order valence-corrected chi connectivity index (χ2v) is 7.27. The maximum atomic E-state index is 12.3. The number of amides is 2. The first kappa shape index (κ1) is 21.4. The van der Waals surface area contributed by atoms with Crippen LogP contribution in [0, 0.1) is 0 Å². The summed E-state index contributed by atoms with van der Waals surface area (Å²) in [5, 5.41) is 5.94. The van der Waals surface area contributed by atoms with Crippen LogP contribution in [0.15, 0.2) is 24.3 Å². The van der Waals surface area contributed by atoms with Crippen LogP contribution >= 0.6 is 0 Å². The van der Waals surface area contributed by atoms with Gasteiger partial charge in [-0.05, 0) is 31.9 Å².